The summed E-state index contributed by atoms with van der Waals surface area (Å²) in [5.74, 6) is 1.59. The topological polar surface area (TPSA) is 70.6 Å². The number of nitrogens with zero attached hydrogens (tertiary/aromatic N) is 5. The molecule has 3 heterocycles. The van der Waals surface area contributed by atoms with E-state index in [0.717, 1.165) is 52.3 Å². The first-order valence-electron chi connectivity index (χ1n) is 11.7. The molecule has 2 unspecified atom stereocenters. The minimum absolute atomic E-state index is 0.259. The summed E-state index contributed by atoms with van der Waals surface area (Å²) in [5, 5.41) is 10.1. The van der Waals surface area contributed by atoms with E-state index in [9.17, 15) is 9.81 Å². The molecule has 2 aromatic heterocycles. The summed E-state index contributed by atoms with van der Waals surface area (Å²) < 4.78 is 15.3. The highest BCUT2D eigenvalue weighted by molar-refractivity contribution is 7.91. The molecule has 4 aromatic rings. The average molecular weight is 472 g/mol. The highest BCUT2D eigenvalue weighted by Crippen LogP contribution is 2.37. The number of para-hydroxylation sites is 2. The molecule has 1 aliphatic rings. The van der Waals surface area contributed by atoms with E-state index >= 15 is 0 Å². The van der Waals surface area contributed by atoms with Gasteiger partial charge >= 0.3 is 0 Å². The van der Waals surface area contributed by atoms with Crippen molar-refractivity contribution in [3.8, 4) is 6.07 Å². The molecular weight excluding hydrogens is 442 g/mol. The first-order chi connectivity index (χ1) is 16.5. The molecule has 0 amide bonds. The fourth-order valence-electron chi connectivity index (χ4n) is 5.18. The van der Waals surface area contributed by atoms with Crippen LogP contribution in [0.3, 0.4) is 0 Å². The molecule has 7 heteroatoms. The van der Waals surface area contributed by atoms with Crippen molar-refractivity contribution in [3.05, 3.63) is 71.3 Å². The molecule has 0 spiro atoms. The molecule has 2 atom stereocenters. The predicted octanol–water partition coefficient (Wildman–Crippen LogP) is 4.51. The monoisotopic (exact) mass is 471 g/mol. The predicted molar refractivity (Wildman–Crippen MR) is 138 cm³/mol. The fraction of sp³-hybridized carbons (Fsp3) is 0.333. The summed E-state index contributed by atoms with van der Waals surface area (Å²) in [6, 6.07) is 20.1. The Morgan fingerprint density at radius 3 is 2.62 bits per heavy atom. The van der Waals surface area contributed by atoms with Crippen LogP contribution in [0.5, 0.6) is 0 Å². The minimum atomic E-state index is -1.12. The van der Waals surface area contributed by atoms with Crippen LogP contribution >= 0.6 is 0 Å². The lowest BCUT2D eigenvalue weighted by atomic mass is 10.0. The Labute approximate surface area is 203 Å². The van der Waals surface area contributed by atoms with Gasteiger partial charge in [-0.1, -0.05) is 30.3 Å². The first-order valence-corrected chi connectivity index (χ1v) is 13.0. The number of rotatable bonds is 6. The molecule has 0 N–H and O–H groups in total. The molecule has 174 valence electrons. The van der Waals surface area contributed by atoms with Gasteiger partial charge in [0, 0.05) is 18.5 Å². The Morgan fingerprint density at radius 2 is 1.88 bits per heavy atom. The van der Waals surface area contributed by atoms with Crippen molar-refractivity contribution in [2.75, 3.05) is 31.3 Å². The number of hydrogen-bond acceptors (Lipinski definition) is 5. The smallest absolute Gasteiger partial charge is 0.157 e. The maximum absolute atomic E-state index is 13.1. The first kappa shape index (κ1) is 22.7. The van der Waals surface area contributed by atoms with Crippen LogP contribution in [-0.4, -0.2) is 51.4 Å². The van der Waals surface area contributed by atoms with Crippen molar-refractivity contribution >= 4 is 33.7 Å². The summed E-state index contributed by atoms with van der Waals surface area (Å²) in [7, 11) is 4.24. The van der Waals surface area contributed by atoms with E-state index < -0.39 is 11.2 Å². The lowest BCUT2D eigenvalue weighted by molar-refractivity contribution is 0.300. The third-order valence-electron chi connectivity index (χ3n) is 6.84. The number of anilines is 1. The van der Waals surface area contributed by atoms with E-state index in [-0.39, 0.29) is 6.17 Å². The third kappa shape index (κ3) is 3.82. The molecule has 0 bridgehead atoms. The third-order valence-corrected chi connectivity index (χ3v) is 8.21. The molecule has 2 aromatic carbocycles. The van der Waals surface area contributed by atoms with E-state index in [1.165, 1.54) is 0 Å². The summed E-state index contributed by atoms with van der Waals surface area (Å²) in [6.07, 6.45) is 3.06. The van der Waals surface area contributed by atoms with E-state index in [1.54, 1.807) is 0 Å². The number of imidazole rings is 1. The van der Waals surface area contributed by atoms with Crippen molar-refractivity contribution in [2.45, 2.75) is 37.2 Å². The Hall–Kier alpha value is -3.05. The second-order valence-electron chi connectivity index (χ2n) is 9.07. The highest BCUT2D eigenvalue weighted by atomic mass is 32.2. The number of pyridine rings is 1. The van der Waals surface area contributed by atoms with Gasteiger partial charge in [-0.15, -0.1) is 0 Å². The molecule has 1 saturated heterocycles. The number of aromatic nitrogens is 2. The molecule has 34 heavy (non-hydrogen) atoms. The van der Waals surface area contributed by atoms with Gasteiger partial charge in [-0.05, 0) is 74.9 Å². The second kappa shape index (κ2) is 9.30. The average Bonchev–Trinajstić information content (AvgIpc) is 3.48. The SMILES string of the molecule is Cc1c(CC[S+]([O-])c2ccccc2)c(N2CCCC2N(C)C)n2c(nc3ccccc32)c1C#N. The number of benzene rings is 2. The normalized spacial score (nSPS) is 17.1. The molecule has 0 radical (unpaired) electrons. The zero-order valence-electron chi connectivity index (χ0n) is 19.9. The van der Waals surface area contributed by atoms with Gasteiger partial charge in [0.2, 0.25) is 0 Å². The Kier molecular flexibility index (Phi) is 6.22. The van der Waals surface area contributed by atoms with Crippen LogP contribution in [0.15, 0.2) is 59.5 Å². The summed E-state index contributed by atoms with van der Waals surface area (Å²) in [4.78, 5) is 10.4. The van der Waals surface area contributed by atoms with Gasteiger partial charge in [0.1, 0.15) is 17.6 Å². The molecule has 1 fully saturated rings. The van der Waals surface area contributed by atoms with E-state index in [2.05, 4.69) is 40.4 Å². The van der Waals surface area contributed by atoms with Gasteiger partial charge in [0.15, 0.2) is 10.5 Å². The maximum atomic E-state index is 13.1. The lowest BCUT2D eigenvalue weighted by Crippen LogP contribution is -2.42. The van der Waals surface area contributed by atoms with Crippen LogP contribution in [0.25, 0.3) is 16.7 Å². The Bertz CT molecular complexity index is 1380. The van der Waals surface area contributed by atoms with Gasteiger partial charge in [-0.2, -0.15) is 5.26 Å². The van der Waals surface area contributed by atoms with Crippen LogP contribution in [-0.2, 0) is 17.6 Å². The van der Waals surface area contributed by atoms with Crippen molar-refractivity contribution < 1.29 is 4.55 Å². The van der Waals surface area contributed by atoms with Gasteiger partial charge in [0.05, 0.1) is 22.8 Å². The zero-order chi connectivity index (χ0) is 23.8. The summed E-state index contributed by atoms with van der Waals surface area (Å²) in [5.41, 5.74) is 5.21. The van der Waals surface area contributed by atoms with Crippen molar-refractivity contribution in [1.29, 1.82) is 5.26 Å². The molecule has 0 saturated carbocycles. The van der Waals surface area contributed by atoms with E-state index in [4.69, 9.17) is 4.98 Å². The Morgan fingerprint density at radius 1 is 1.15 bits per heavy atom. The largest absolute Gasteiger partial charge is 0.611 e. The molecule has 5 rings (SSSR count). The number of fused-ring (bicyclic) bond motifs is 3. The highest BCUT2D eigenvalue weighted by Gasteiger charge is 2.32. The lowest BCUT2D eigenvalue weighted by Gasteiger charge is -2.34. The van der Waals surface area contributed by atoms with Crippen LogP contribution in [0.1, 0.15) is 29.5 Å². The molecular formula is C27H29N5OS. The Balaban J connectivity index is 1.72. The quantitative estimate of drug-likeness (QED) is 0.387. The van der Waals surface area contributed by atoms with Crippen LogP contribution in [0.2, 0.25) is 0 Å². The second-order valence-corrected chi connectivity index (χ2v) is 10.6. The summed E-state index contributed by atoms with van der Waals surface area (Å²) >= 11 is -1.12. The van der Waals surface area contributed by atoms with Crippen molar-refractivity contribution in [1.82, 2.24) is 14.3 Å². The number of hydrogen-bond donors (Lipinski definition) is 0. The van der Waals surface area contributed by atoms with Crippen LogP contribution in [0.4, 0.5) is 5.82 Å². The molecule has 6 nitrogen and oxygen atoms in total. The van der Waals surface area contributed by atoms with E-state index in [0.29, 0.717) is 23.4 Å². The van der Waals surface area contributed by atoms with Gasteiger partial charge in [-0.25, -0.2) is 4.98 Å². The molecule has 1 aliphatic heterocycles. The fourth-order valence-corrected chi connectivity index (χ4v) is 6.27. The maximum Gasteiger partial charge on any atom is 0.157 e. The van der Waals surface area contributed by atoms with Gasteiger partial charge in [0.25, 0.3) is 0 Å². The van der Waals surface area contributed by atoms with Gasteiger partial charge < -0.3 is 9.45 Å². The zero-order valence-corrected chi connectivity index (χ0v) is 20.7. The van der Waals surface area contributed by atoms with Gasteiger partial charge in [-0.3, -0.25) is 9.30 Å². The number of nitriles is 1. The van der Waals surface area contributed by atoms with Crippen LogP contribution < -0.4 is 4.90 Å². The van der Waals surface area contributed by atoms with Crippen molar-refractivity contribution in [2.24, 2.45) is 0 Å². The van der Waals surface area contributed by atoms with Crippen molar-refractivity contribution in [3.63, 3.8) is 0 Å². The summed E-state index contributed by atoms with van der Waals surface area (Å²) in [6.45, 7) is 2.95. The standard InChI is InChI=1S/C27H29N5OS/c1-19-21(15-17-34(33)20-10-5-4-6-11-20)27(31-16-9-14-25(31)30(2)3)32-24-13-8-7-12-23(24)29-26(32)22(19)18-28/h4-8,10-13,25H,9,14-17H2,1-3H3. The molecule has 0 aliphatic carbocycles. The van der Waals surface area contributed by atoms with Crippen LogP contribution in [0, 0.1) is 18.3 Å². The van der Waals surface area contributed by atoms with E-state index in [1.807, 2.05) is 55.5 Å². The minimum Gasteiger partial charge on any atom is -0.611 e.